The van der Waals surface area contributed by atoms with E-state index in [0.29, 0.717) is 28.3 Å². The lowest BCUT2D eigenvalue weighted by atomic mass is 9.83. The van der Waals surface area contributed by atoms with Crippen molar-refractivity contribution in [1.82, 2.24) is 10.2 Å². The number of nitrogens with one attached hydrogen (secondary N) is 1. The number of phenolic OH excluding ortho intramolecular Hbond substituents is 1. The topological polar surface area (TPSA) is 126 Å². The largest absolute Gasteiger partial charge is 0.504 e. The highest BCUT2D eigenvalue weighted by atomic mass is 16.5. The van der Waals surface area contributed by atoms with E-state index in [1.165, 1.54) is 7.11 Å². The van der Waals surface area contributed by atoms with Crippen LogP contribution in [0.4, 0.5) is 0 Å². The molecule has 1 aliphatic rings. The average molecular weight is 390 g/mol. The van der Waals surface area contributed by atoms with E-state index < -0.39 is 5.92 Å². The van der Waals surface area contributed by atoms with Crippen LogP contribution in [0.1, 0.15) is 17.0 Å². The number of nitrogens with zero attached hydrogens (tertiary/aromatic N) is 2. The first kappa shape index (κ1) is 18.3. The number of benzene rings is 2. The number of allylic oxidation sites excluding steroid dienone is 1. The van der Waals surface area contributed by atoms with Gasteiger partial charge in [-0.15, -0.1) is 5.10 Å². The van der Waals surface area contributed by atoms with Crippen LogP contribution < -0.4 is 19.9 Å². The van der Waals surface area contributed by atoms with Crippen LogP contribution in [-0.4, -0.2) is 29.5 Å². The maximum absolute atomic E-state index is 10.3. The molecule has 0 spiro atoms. The molecule has 4 rings (SSSR count). The Labute approximate surface area is 166 Å². The van der Waals surface area contributed by atoms with E-state index in [4.69, 9.17) is 19.9 Å². The fourth-order valence-electron chi connectivity index (χ4n) is 3.46. The molecule has 1 aliphatic heterocycles. The summed E-state index contributed by atoms with van der Waals surface area (Å²) in [4.78, 5) is 0. The first-order chi connectivity index (χ1) is 14.1. The number of methoxy groups -OCH3 is 2. The van der Waals surface area contributed by atoms with Crippen molar-refractivity contribution in [2.45, 2.75) is 5.92 Å². The molecule has 2 heterocycles. The minimum atomic E-state index is -0.583. The van der Waals surface area contributed by atoms with Crippen molar-refractivity contribution < 1.29 is 19.3 Å². The number of aromatic nitrogens is 2. The van der Waals surface area contributed by atoms with Gasteiger partial charge >= 0.3 is 0 Å². The van der Waals surface area contributed by atoms with Crippen LogP contribution in [0.5, 0.6) is 23.1 Å². The molecule has 0 aliphatic carbocycles. The van der Waals surface area contributed by atoms with Crippen LogP contribution in [0, 0.1) is 11.3 Å². The van der Waals surface area contributed by atoms with Crippen LogP contribution in [0.3, 0.4) is 0 Å². The summed E-state index contributed by atoms with van der Waals surface area (Å²) in [6.45, 7) is 0. The fraction of sp³-hybridized carbons (Fsp3) is 0.143. The number of fused-ring (bicyclic) bond motifs is 1. The van der Waals surface area contributed by atoms with Crippen molar-refractivity contribution in [1.29, 1.82) is 5.26 Å². The highest BCUT2D eigenvalue weighted by Crippen LogP contribution is 2.47. The summed E-state index contributed by atoms with van der Waals surface area (Å²) in [5.41, 5.74) is 8.99. The molecule has 4 N–H and O–H groups in total. The van der Waals surface area contributed by atoms with Crippen LogP contribution in [0.15, 0.2) is 53.9 Å². The van der Waals surface area contributed by atoms with Crippen molar-refractivity contribution in [2.24, 2.45) is 5.73 Å². The lowest BCUT2D eigenvalue weighted by molar-refractivity contribution is 0.371. The van der Waals surface area contributed by atoms with E-state index in [-0.39, 0.29) is 23.1 Å². The van der Waals surface area contributed by atoms with E-state index in [9.17, 15) is 10.4 Å². The van der Waals surface area contributed by atoms with E-state index in [1.54, 1.807) is 25.3 Å². The van der Waals surface area contributed by atoms with Gasteiger partial charge in [0, 0.05) is 5.56 Å². The second-order valence-electron chi connectivity index (χ2n) is 6.41. The van der Waals surface area contributed by atoms with Crippen molar-refractivity contribution in [3.05, 3.63) is 65.0 Å². The number of aromatic hydroxyl groups is 1. The zero-order valence-electron chi connectivity index (χ0n) is 15.8. The number of nitrogens with two attached hydrogens (primary N) is 1. The van der Waals surface area contributed by atoms with Gasteiger partial charge in [-0.3, -0.25) is 5.10 Å². The van der Waals surface area contributed by atoms with Gasteiger partial charge in [0.05, 0.1) is 31.4 Å². The third kappa shape index (κ3) is 2.99. The first-order valence-electron chi connectivity index (χ1n) is 8.74. The predicted molar refractivity (Wildman–Crippen MR) is 105 cm³/mol. The molecule has 0 radical (unpaired) electrons. The van der Waals surface area contributed by atoms with Crippen LogP contribution >= 0.6 is 0 Å². The standard InChI is InChI=1S/C21H18N4O4/c1-27-13-5-3-4-12(8-13)19-18-17(11-6-7-16(28-2)15(26)9-11)14(10-22)20(23)29-21(18)25-24-19/h3-9,17,26H,23H2,1-2H3,(H,24,25)/t17-/m0/s1. The summed E-state index contributed by atoms with van der Waals surface area (Å²) in [6.07, 6.45) is 0. The number of H-pyrrole nitrogens is 1. The molecule has 0 amide bonds. The Morgan fingerprint density at radius 2 is 2.03 bits per heavy atom. The van der Waals surface area contributed by atoms with Gasteiger partial charge in [-0.2, -0.15) is 5.26 Å². The summed E-state index contributed by atoms with van der Waals surface area (Å²) in [5.74, 6) is 0.637. The van der Waals surface area contributed by atoms with Crippen LogP contribution in [-0.2, 0) is 0 Å². The van der Waals surface area contributed by atoms with Crippen LogP contribution in [0.25, 0.3) is 11.3 Å². The summed E-state index contributed by atoms with van der Waals surface area (Å²) in [7, 11) is 3.06. The third-order valence-corrected chi connectivity index (χ3v) is 4.83. The maximum Gasteiger partial charge on any atom is 0.244 e. The summed E-state index contributed by atoms with van der Waals surface area (Å²) >= 11 is 0. The zero-order chi connectivity index (χ0) is 20.5. The van der Waals surface area contributed by atoms with Gasteiger partial charge in [-0.05, 0) is 29.8 Å². The Kier molecular flexibility index (Phi) is 4.49. The van der Waals surface area contributed by atoms with Gasteiger partial charge in [-0.25, -0.2) is 0 Å². The number of hydrogen-bond acceptors (Lipinski definition) is 7. The molecule has 0 saturated heterocycles. The third-order valence-electron chi connectivity index (χ3n) is 4.83. The minimum absolute atomic E-state index is 0.0241. The molecule has 1 aromatic heterocycles. The summed E-state index contributed by atoms with van der Waals surface area (Å²) < 4.78 is 16.0. The maximum atomic E-state index is 10.3. The second kappa shape index (κ2) is 7.13. The second-order valence-corrected chi connectivity index (χ2v) is 6.41. The average Bonchev–Trinajstić information content (AvgIpc) is 3.16. The lowest BCUT2D eigenvalue weighted by Crippen LogP contribution is -2.21. The van der Waals surface area contributed by atoms with E-state index in [2.05, 4.69) is 16.3 Å². The molecule has 0 saturated carbocycles. The molecule has 0 fully saturated rings. The molecule has 146 valence electrons. The molecule has 0 unspecified atom stereocenters. The molecule has 0 bridgehead atoms. The monoisotopic (exact) mass is 390 g/mol. The fourth-order valence-corrected chi connectivity index (χ4v) is 3.46. The van der Waals surface area contributed by atoms with Crippen LogP contribution in [0.2, 0.25) is 0 Å². The van der Waals surface area contributed by atoms with Gasteiger partial charge in [0.25, 0.3) is 0 Å². The molecule has 3 aromatic rings. The molecule has 8 heteroatoms. The SMILES string of the molecule is COc1cccc(-c2[nH]nc3c2[C@@H](c2ccc(OC)c(O)c2)C(C#N)=C(N)O3)c1. The highest BCUT2D eigenvalue weighted by Gasteiger charge is 2.36. The molecule has 1 atom stereocenters. The predicted octanol–water partition coefficient (Wildman–Crippen LogP) is 3.02. The molecular weight excluding hydrogens is 372 g/mol. The van der Waals surface area contributed by atoms with Gasteiger partial charge in [0.1, 0.15) is 17.4 Å². The summed E-state index contributed by atoms with van der Waals surface area (Å²) in [6, 6.07) is 14.5. The van der Waals surface area contributed by atoms with Gasteiger partial charge < -0.3 is 25.1 Å². The Morgan fingerprint density at radius 3 is 2.72 bits per heavy atom. The first-order valence-corrected chi connectivity index (χ1v) is 8.74. The normalized spacial score (nSPS) is 15.3. The number of rotatable bonds is 4. The molecular formula is C21H18N4O4. The van der Waals surface area contributed by atoms with E-state index in [1.807, 2.05) is 24.3 Å². The van der Waals surface area contributed by atoms with Gasteiger partial charge in [0.2, 0.25) is 11.8 Å². The molecule has 2 aromatic carbocycles. The Hall–Kier alpha value is -4.12. The molecule has 29 heavy (non-hydrogen) atoms. The Bertz CT molecular complexity index is 1160. The van der Waals surface area contributed by atoms with Gasteiger partial charge in [-0.1, -0.05) is 18.2 Å². The van der Waals surface area contributed by atoms with Gasteiger partial charge in [0.15, 0.2) is 11.5 Å². The Balaban J connectivity index is 1.93. The molecule has 8 nitrogen and oxygen atoms in total. The van der Waals surface area contributed by atoms with Crippen molar-refractivity contribution >= 4 is 0 Å². The quantitative estimate of drug-likeness (QED) is 0.625. The van der Waals surface area contributed by atoms with Crippen molar-refractivity contribution in [3.63, 3.8) is 0 Å². The minimum Gasteiger partial charge on any atom is -0.504 e. The number of aromatic amines is 1. The number of hydrogen-bond donors (Lipinski definition) is 3. The van der Waals surface area contributed by atoms with E-state index in [0.717, 1.165) is 5.56 Å². The Morgan fingerprint density at radius 1 is 1.21 bits per heavy atom. The van der Waals surface area contributed by atoms with Crippen molar-refractivity contribution in [3.8, 4) is 40.5 Å². The highest BCUT2D eigenvalue weighted by molar-refractivity contribution is 5.72. The van der Waals surface area contributed by atoms with E-state index >= 15 is 0 Å². The number of nitriles is 1. The zero-order valence-corrected chi connectivity index (χ0v) is 15.8. The van der Waals surface area contributed by atoms with Crippen molar-refractivity contribution in [2.75, 3.05) is 14.2 Å². The smallest absolute Gasteiger partial charge is 0.244 e. The summed E-state index contributed by atoms with van der Waals surface area (Å²) in [5, 5.41) is 27.3. The lowest BCUT2D eigenvalue weighted by Gasteiger charge is -2.24. The number of ether oxygens (including phenoxy) is 3. The number of phenols is 1.